The number of carbonyl (C=O) groups is 1. The van der Waals surface area contributed by atoms with Crippen LogP contribution in [0.15, 0.2) is 47.6 Å². The highest BCUT2D eigenvalue weighted by Crippen LogP contribution is 2.33. The first-order chi connectivity index (χ1) is 10.1. The van der Waals surface area contributed by atoms with Gasteiger partial charge in [-0.15, -0.1) is 0 Å². The number of methoxy groups -OCH3 is 1. The van der Waals surface area contributed by atoms with E-state index < -0.39 is 0 Å². The normalized spacial score (nSPS) is 10.6. The van der Waals surface area contributed by atoms with Gasteiger partial charge in [0, 0.05) is 5.56 Å². The smallest absolute Gasteiger partial charge is 0.271 e. The van der Waals surface area contributed by atoms with E-state index >= 15 is 0 Å². The molecular weight excluding hydrogens is 311 g/mol. The largest absolute Gasteiger partial charge is 0.494 e. The number of hydrazone groups is 1. The number of ether oxygens (including phenoxy) is 1. The lowest BCUT2D eigenvalue weighted by Crippen LogP contribution is -2.17. The topological polar surface area (TPSA) is 50.7 Å². The van der Waals surface area contributed by atoms with Crippen LogP contribution in [0, 0.1) is 0 Å². The van der Waals surface area contributed by atoms with Crippen LogP contribution in [0.2, 0.25) is 10.0 Å². The molecule has 0 aliphatic heterocycles. The van der Waals surface area contributed by atoms with E-state index in [0.717, 1.165) is 0 Å². The summed E-state index contributed by atoms with van der Waals surface area (Å²) < 4.78 is 5.05. The van der Waals surface area contributed by atoms with Crippen LogP contribution in [0.3, 0.4) is 0 Å². The van der Waals surface area contributed by atoms with Crippen molar-refractivity contribution >= 4 is 35.3 Å². The van der Waals surface area contributed by atoms with E-state index in [1.54, 1.807) is 36.4 Å². The Morgan fingerprint density at radius 3 is 2.38 bits per heavy atom. The molecule has 0 bridgehead atoms. The standard InChI is InChI=1S/C15H12Cl2N2O2/c1-21-14-12(16)7-10(8-13(14)17)9-18-19-15(20)11-5-3-2-4-6-11/h2-9H,1H3,(H,19,20)/b18-9-. The van der Waals surface area contributed by atoms with Crippen LogP contribution in [-0.4, -0.2) is 19.2 Å². The second-order valence-corrected chi connectivity index (χ2v) is 4.90. The zero-order valence-corrected chi connectivity index (χ0v) is 12.7. The van der Waals surface area contributed by atoms with Gasteiger partial charge in [0.05, 0.1) is 23.4 Å². The number of rotatable bonds is 4. The minimum atomic E-state index is -0.294. The van der Waals surface area contributed by atoms with Gasteiger partial charge in [0.25, 0.3) is 5.91 Å². The van der Waals surface area contributed by atoms with E-state index in [4.69, 9.17) is 27.9 Å². The predicted molar refractivity (Wildman–Crippen MR) is 84.5 cm³/mol. The Labute approximate surface area is 132 Å². The van der Waals surface area contributed by atoms with Gasteiger partial charge in [0.2, 0.25) is 0 Å². The summed E-state index contributed by atoms with van der Waals surface area (Å²) in [6, 6.07) is 12.1. The molecule has 0 radical (unpaired) electrons. The summed E-state index contributed by atoms with van der Waals surface area (Å²) in [4.78, 5) is 11.8. The van der Waals surface area contributed by atoms with Crippen LogP contribution >= 0.6 is 23.2 Å². The Balaban J connectivity index is 2.07. The number of carbonyl (C=O) groups excluding carboxylic acids is 1. The second-order valence-electron chi connectivity index (χ2n) is 4.08. The summed E-state index contributed by atoms with van der Waals surface area (Å²) in [5, 5.41) is 4.62. The molecule has 0 spiro atoms. The molecule has 0 aliphatic carbocycles. The van der Waals surface area contributed by atoms with Crippen LogP contribution in [0.4, 0.5) is 0 Å². The summed E-state index contributed by atoms with van der Waals surface area (Å²) in [5.74, 6) is 0.112. The highest BCUT2D eigenvalue weighted by Gasteiger charge is 2.07. The summed E-state index contributed by atoms with van der Waals surface area (Å²) in [5.41, 5.74) is 3.61. The summed E-state index contributed by atoms with van der Waals surface area (Å²) in [6.45, 7) is 0. The third-order valence-electron chi connectivity index (χ3n) is 2.64. The zero-order chi connectivity index (χ0) is 15.2. The first-order valence-electron chi connectivity index (χ1n) is 6.03. The molecule has 1 amide bonds. The van der Waals surface area contributed by atoms with Gasteiger partial charge in [-0.05, 0) is 29.8 Å². The lowest BCUT2D eigenvalue weighted by Gasteiger charge is -2.06. The van der Waals surface area contributed by atoms with E-state index in [1.165, 1.54) is 13.3 Å². The number of nitrogens with one attached hydrogen (secondary N) is 1. The maximum atomic E-state index is 11.8. The first kappa shape index (κ1) is 15.4. The molecule has 108 valence electrons. The Morgan fingerprint density at radius 1 is 1.19 bits per heavy atom. The minimum Gasteiger partial charge on any atom is -0.494 e. The van der Waals surface area contributed by atoms with Crippen LogP contribution < -0.4 is 10.2 Å². The first-order valence-corrected chi connectivity index (χ1v) is 6.79. The molecule has 21 heavy (non-hydrogen) atoms. The van der Waals surface area contributed by atoms with Gasteiger partial charge in [-0.3, -0.25) is 4.79 Å². The highest BCUT2D eigenvalue weighted by atomic mass is 35.5. The van der Waals surface area contributed by atoms with E-state index in [0.29, 0.717) is 26.9 Å². The second kappa shape index (κ2) is 7.11. The lowest BCUT2D eigenvalue weighted by molar-refractivity contribution is 0.0955. The molecular formula is C15H12Cl2N2O2. The quantitative estimate of drug-likeness (QED) is 0.688. The van der Waals surface area contributed by atoms with Crippen LogP contribution in [0.1, 0.15) is 15.9 Å². The van der Waals surface area contributed by atoms with Crippen molar-refractivity contribution in [2.24, 2.45) is 5.10 Å². The molecule has 4 nitrogen and oxygen atoms in total. The molecule has 0 unspecified atom stereocenters. The number of hydrogen-bond acceptors (Lipinski definition) is 3. The van der Waals surface area contributed by atoms with Gasteiger partial charge in [-0.2, -0.15) is 5.10 Å². The van der Waals surface area contributed by atoms with E-state index in [9.17, 15) is 4.79 Å². The van der Waals surface area contributed by atoms with Gasteiger partial charge in [-0.1, -0.05) is 41.4 Å². The van der Waals surface area contributed by atoms with Gasteiger partial charge >= 0.3 is 0 Å². The fourth-order valence-electron chi connectivity index (χ4n) is 1.67. The molecule has 6 heteroatoms. The maximum Gasteiger partial charge on any atom is 0.271 e. The molecule has 0 heterocycles. The van der Waals surface area contributed by atoms with Gasteiger partial charge in [0.15, 0.2) is 5.75 Å². The molecule has 0 aromatic heterocycles. The van der Waals surface area contributed by atoms with Crippen molar-refractivity contribution in [2.45, 2.75) is 0 Å². The Morgan fingerprint density at radius 2 is 1.81 bits per heavy atom. The molecule has 1 N–H and O–H groups in total. The monoisotopic (exact) mass is 322 g/mol. The minimum absolute atomic E-state index is 0.294. The van der Waals surface area contributed by atoms with Gasteiger partial charge in [-0.25, -0.2) is 5.43 Å². The van der Waals surface area contributed by atoms with Crippen molar-refractivity contribution in [3.63, 3.8) is 0 Å². The molecule has 0 saturated carbocycles. The maximum absolute atomic E-state index is 11.8. The number of benzene rings is 2. The number of amides is 1. The molecule has 0 saturated heterocycles. The average molecular weight is 323 g/mol. The number of halogens is 2. The fraction of sp³-hybridized carbons (Fsp3) is 0.0667. The van der Waals surface area contributed by atoms with Crippen molar-refractivity contribution in [1.29, 1.82) is 0 Å². The lowest BCUT2D eigenvalue weighted by atomic mass is 10.2. The molecule has 2 aromatic carbocycles. The van der Waals surface area contributed by atoms with Crippen LogP contribution in [0.5, 0.6) is 5.75 Å². The van der Waals surface area contributed by atoms with E-state index in [2.05, 4.69) is 10.5 Å². The van der Waals surface area contributed by atoms with Crippen LogP contribution in [0.25, 0.3) is 0 Å². The van der Waals surface area contributed by atoms with Crippen molar-refractivity contribution in [3.8, 4) is 5.75 Å². The molecule has 2 rings (SSSR count). The third kappa shape index (κ3) is 3.97. The number of hydrogen-bond donors (Lipinski definition) is 1. The van der Waals surface area contributed by atoms with E-state index in [1.807, 2.05) is 6.07 Å². The van der Waals surface area contributed by atoms with Crippen molar-refractivity contribution in [1.82, 2.24) is 5.43 Å². The van der Waals surface area contributed by atoms with Crippen molar-refractivity contribution in [2.75, 3.05) is 7.11 Å². The summed E-state index contributed by atoms with van der Waals surface area (Å²) >= 11 is 12.0. The Kier molecular flexibility index (Phi) is 5.20. The van der Waals surface area contributed by atoms with Gasteiger partial charge < -0.3 is 4.74 Å². The number of nitrogens with zero attached hydrogens (tertiary/aromatic N) is 1. The highest BCUT2D eigenvalue weighted by molar-refractivity contribution is 6.37. The predicted octanol–water partition coefficient (Wildman–Crippen LogP) is 3.77. The summed E-state index contributed by atoms with van der Waals surface area (Å²) in [6.07, 6.45) is 1.46. The average Bonchev–Trinajstić information content (AvgIpc) is 2.48. The Bertz CT molecular complexity index is 650. The fourth-order valence-corrected chi connectivity index (χ4v) is 2.33. The molecule has 0 fully saturated rings. The molecule has 2 aromatic rings. The third-order valence-corrected chi connectivity index (χ3v) is 3.20. The SMILES string of the molecule is COc1c(Cl)cc(/C=N\NC(=O)c2ccccc2)cc1Cl. The van der Waals surface area contributed by atoms with Gasteiger partial charge in [0.1, 0.15) is 0 Å². The Hall–Kier alpha value is -2.04. The molecule has 0 atom stereocenters. The van der Waals surface area contributed by atoms with Crippen molar-refractivity contribution < 1.29 is 9.53 Å². The molecule has 0 aliphatic rings. The van der Waals surface area contributed by atoms with Crippen LogP contribution in [-0.2, 0) is 0 Å². The van der Waals surface area contributed by atoms with Crippen molar-refractivity contribution in [3.05, 3.63) is 63.6 Å². The zero-order valence-electron chi connectivity index (χ0n) is 11.1. The summed E-state index contributed by atoms with van der Waals surface area (Å²) in [7, 11) is 1.49. The van der Waals surface area contributed by atoms with E-state index in [-0.39, 0.29) is 5.91 Å².